The van der Waals surface area contributed by atoms with Crippen LogP contribution in [0.3, 0.4) is 0 Å². The SMILES string of the molecule is C[C@@]1(O)CS[C@@H]2C(N3C(=O)c4ccccc4C3=O)C(=O)N2C1C(=O)OC(c1ccccc1)c1ccccc1. The van der Waals surface area contributed by atoms with Crippen LogP contribution < -0.4 is 0 Å². The van der Waals surface area contributed by atoms with Crippen LogP contribution >= 0.6 is 11.8 Å². The molecular formula is C29H24N2O6S. The number of hydrogen-bond donors (Lipinski definition) is 1. The third-order valence-electron chi connectivity index (χ3n) is 7.23. The predicted molar refractivity (Wildman–Crippen MR) is 139 cm³/mol. The molecule has 0 aromatic heterocycles. The first-order chi connectivity index (χ1) is 18.3. The van der Waals surface area contributed by atoms with Crippen LogP contribution in [-0.2, 0) is 14.3 Å². The van der Waals surface area contributed by atoms with Crippen LogP contribution in [0.25, 0.3) is 0 Å². The van der Waals surface area contributed by atoms with Crippen molar-refractivity contribution < 1.29 is 29.0 Å². The van der Waals surface area contributed by atoms with E-state index < -0.39 is 52.9 Å². The summed E-state index contributed by atoms with van der Waals surface area (Å²) in [6.45, 7) is 1.49. The molecule has 0 saturated carbocycles. The summed E-state index contributed by atoms with van der Waals surface area (Å²) in [5.74, 6) is -2.28. The average Bonchev–Trinajstić information content (AvgIpc) is 3.17. The summed E-state index contributed by atoms with van der Waals surface area (Å²) in [7, 11) is 0. The van der Waals surface area contributed by atoms with Crippen LogP contribution in [0.2, 0.25) is 0 Å². The molecule has 8 nitrogen and oxygen atoms in total. The number of aliphatic hydroxyl groups is 1. The number of esters is 1. The lowest BCUT2D eigenvalue weighted by atomic mass is 9.90. The Kier molecular flexibility index (Phi) is 5.85. The number of amides is 3. The van der Waals surface area contributed by atoms with Gasteiger partial charge in [0.05, 0.1) is 11.1 Å². The van der Waals surface area contributed by atoms with Gasteiger partial charge >= 0.3 is 5.97 Å². The van der Waals surface area contributed by atoms with E-state index in [9.17, 15) is 24.3 Å². The Balaban J connectivity index is 1.29. The highest BCUT2D eigenvalue weighted by atomic mass is 32.2. The fourth-order valence-corrected chi connectivity index (χ4v) is 6.85. The van der Waals surface area contributed by atoms with Gasteiger partial charge in [-0.3, -0.25) is 19.3 Å². The summed E-state index contributed by atoms with van der Waals surface area (Å²) in [5, 5.41) is 10.6. The normalized spacial score (nSPS) is 26.2. The molecule has 3 aromatic rings. The van der Waals surface area contributed by atoms with E-state index in [1.54, 1.807) is 24.3 Å². The number of thioether (sulfide) groups is 1. The van der Waals surface area contributed by atoms with Gasteiger partial charge in [0.1, 0.15) is 17.0 Å². The number of fused-ring (bicyclic) bond motifs is 2. The summed E-state index contributed by atoms with van der Waals surface area (Å²) in [5.41, 5.74) is 0.403. The third-order valence-corrected chi connectivity index (χ3v) is 8.81. The summed E-state index contributed by atoms with van der Waals surface area (Å²) < 4.78 is 6.00. The van der Waals surface area contributed by atoms with Gasteiger partial charge in [-0.1, -0.05) is 72.8 Å². The highest BCUT2D eigenvalue weighted by Gasteiger charge is 2.65. The zero-order chi connectivity index (χ0) is 26.6. The van der Waals surface area contributed by atoms with Crippen molar-refractivity contribution >= 4 is 35.5 Å². The number of hydrogen-bond acceptors (Lipinski definition) is 7. The molecule has 3 amide bonds. The molecule has 3 aliphatic heterocycles. The van der Waals surface area contributed by atoms with Gasteiger partial charge in [-0.2, -0.15) is 0 Å². The molecule has 192 valence electrons. The lowest BCUT2D eigenvalue weighted by Gasteiger charge is -2.57. The van der Waals surface area contributed by atoms with Crippen LogP contribution in [0.15, 0.2) is 84.9 Å². The molecule has 2 fully saturated rings. The van der Waals surface area contributed by atoms with Gasteiger partial charge in [-0.15, -0.1) is 11.8 Å². The van der Waals surface area contributed by atoms with Crippen molar-refractivity contribution in [2.24, 2.45) is 0 Å². The van der Waals surface area contributed by atoms with Crippen LogP contribution in [0.5, 0.6) is 0 Å². The molecule has 0 spiro atoms. The maximum atomic E-state index is 13.7. The van der Waals surface area contributed by atoms with Crippen LogP contribution in [0, 0.1) is 0 Å². The Hall–Kier alpha value is -3.95. The average molecular weight is 529 g/mol. The zero-order valence-electron chi connectivity index (χ0n) is 20.4. The fraction of sp³-hybridized carbons (Fsp3) is 0.241. The smallest absolute Gasteiger partial charge is 0.332 e. The van der Waals surface area contributed by atoms with Crippen LogP contribution in [0.1, 0.15) is 44.9 Å². The zero-order valence-corrected chi connectivity index (χ0v) is 21.2. The molecule has 4 atom stereocenters. The maximum Gasteiger partial charge on any atom is 0.332 e. The minimum Gasteiger partial charge on any atom is -0.451 e. The number of imide groups is 1. The van der Waals surface area contributed by atoms with Crippen molar-refractivity contribution in [3.05, 3.63) is 107 Å². The molecule has 0 bridgehead atoms. The van der Waals surface area contributed by atoms with Crippen molar-refractivity contribution in [2.45, 2.75) is 36.1 Å². The minimum atomic E-state index is -1.58. The molecule has 2 unspecified atom stereocenters. The van der Waals surface area contributed by atoms with Gasteiger partial charge < -0.3 is 14.7 Å². The number of nitrogens with zero attached hydrogens (tertiary/aromatic N) is 2. The van der Waals surface area contributed by atoms with E-state index in [2.05, 4.69) is 0 Å². The summed E-state index contributed by atoms with van der Waals surface area (Å²) in [6, 6.07) is 22.5. The summed E-state index contributed by atoms with van der Waals surface area (Å²) >= 11 is 1.24. The molecule has 2 saturated heterocycles. The van der Waals surface area contributed by atoms with Crippen molar-refractivity contribution in [1.29, 1.82) is 0 Å². The quantitative estimate of drug-likeness (QED) is 0.308. The Bertz CT molecular complexity index is 1370. The maximum absolute atomic E-state index is 13.7. The second kappa shape index (κ2) is 9.11. The lowest BCUT2D eigenvalue weighted by molar-refractivity contribution is -0.182. The van der Waals surface area contributed by atoms with E-state index in [4.69, 9.17) is 4.74 Å². The Morgan fingerprint density at radius 3 is 1.92 bits per heavy atom. The molecule has 3 aliphatic rings. The molecule has 3 aromatic carbocycles. The fourth-order valence-electron chi connectivity index (χ4n) is 5.38. The topological polar surface area (TPSA) is 104 Å². The van der Waals surface area contributed by atoms with E-state index in [1.807, 2.05) is 60.7 Å². The molecule has 1 N–H and O–H groups in total. The van der Waals surface area contributed by atoms with Gasteiger partial charge in [0.2, 0.25) is 0 Å². The molecular weight excluding hydrogens is 504 g/mol. The monoisotopic (exact) mass is 528 g/mol. The largest absolute Gasteiger partial charge is 0.451 e. The third kappa shape index (κ3) is 3.73. The number of ether oxygens (including phenoxy) is 1. The van der Waals surface area contributed by atoms with Crippen molar-refractivity contribution in [1.82, 2.24) is 9.80 Å². The van der Waals surface area contributed by atoms with Crippen LogP contribution in [0.4, 0.5) is 0 Å². The Morgan fingerprint density at radius 1 is 0.895 bits per heavy atom. The van der Waals surface area contributed by atoms with Crippen molar-refractivity contribution in [2.75, 3.05) is 5.75 Å². The first kappa shape index (κ1) is 24.4. The lowest BCUT2D eigenvalue weighted by Crippen LogP contribution is -2.79. The second-order valence-corrected chi connectivity index (χ2v) is 10.9. The van der Waals surface area contributed by atoms with E-state index >= 15 is 0 Å². The summed E-state index contributed by atoms with van der Waals surface area (Å²) in [4.78, 5) is 55.6. The van der Waals surface area contributed by atoms with E-state index in [0.29, 0.717) is 0 Å². The first-order valence-corrected chi connectivity index (χ1v) is 13.3. The van der Waals surface area contributed by atoms with Gasteiger partial charge in [0.25, 0.3) is 17.7 Å². The van der Waals surface area contributed by atoms with Gasteiger partial charge in [0, 0.05) is 5.75 Å². The van der Waals surface area contributed by atoms with Crippen molar-refractivity contribution in [3.63, 3.8) is 0 Å². The van der Waals surface area contributed by atoms with Crippen molar-refractivity contribution in [3.8, 4) is 0 Å². The molecule has 3 heterocycles. The number of carbonyl (C=O) groups excluding carboxylic acids is 4. The predicted octanol–water partition coefficient (Wildman–Crippen LogP) is 3.02. The molecule has 6 rings (SSSR count). The van der Waals surface area contributed by atoms with Gasteiger partial charge in [-0.05, 0) is 30.2 Å². The van der Waals surface area contributed by atoms with E-state index in [-0.39, 0.29) is 16.9 Å². The number of benzene rings is 3. The highest BCUT2D eigenvalue weighted by molar-refractivity contribution is 8.00. The van der Waals surface area contributed by atoms with Gasteiger partial charge in [0.15, 0.2) is 12.1 Å². The number of rotatable bonds is 5. The Morgan fingerprint density at radius 2 is 1.39 bits per heavy atom. The summed E-state index contributed by atoms with van der Waals surface area (Å²) in [6.07, 6.45) is -0.753. The number of β-lactam (4-membered cyclic amide) rings is 1. The molecule has 0 radical (unpaired) electrons. The standard InChI is InChI=1S/C29H24N2O6S/c1-29(36)16-38-27-21(30-24(32)19-14-8-9-15-20(19)25(30)33)26(34)31(27)23(29)28(35)37-22(17-10-4-2-5-11-17)18-12-6-3-7-13-18/h2-15,21-23,27,36H,16H2,1H3/t21?,23?,27-,29-/m1/s1. The molecule has 38 heavy (non-hydrogen) atoms. The Labute approximate surface area is 223 Å². The highest BCUT2D eigenvalue weighted by Crippen LogP contribution is 2.46. The first-order valence-electron chi connectivity index (χ1n) is 12.2. The van der Waals surface area contributed by atoms with Crippen LogP contribution in [-0.4, -0.2) is 67.4 Å². The molecule has 0 aliphatic carbocycles. The van der Waals surface area contributed by atoms with E-state index in [0.717, 1.165) is 16.0 Å². The van der Waals surface area contributed by atoms with E-state index in [1.165, 1.54) is 23.6 Å². The number of carbonyl (C=O) groups is 4. The van der Waals surface area contributed by atoms with Gasteiger partial charge in [-0.25, -0.2) is 4.79 Å². The minimum absolute atomic E-state index is 0.113. The second-order valence-electron chi connectivity index (χ2n) is 9.82. The molecule has 9 heteroatoms.